The zero-order chi connectivity index (χ0) is 14.3. The molecule has 22 heavy (non-hydrogen) atoms. The monoisotopic (exact) mass is 456 g/mol. The summed E-state index contributed by atoms with van der Waals surface area (Å²) >= 11 is 0. The van der Waals surface area contributed by atoms with Gasteiger partial charge in [0, 0.05) is 27.5 Å². The van der Waals surface area contributed by atoms with Crippen molar-refractivity contribution >= 4 is 106 Å². The van der Waals surface area contributed by atoms with Crippen LogP contribution >= 0.6 is 0 Å². The van der Waals surface area contributed by atoms with Crippen LogP contribution in [0.5, 0.6) is 0 Å². The molecule has 0 atom stereocenters. The number of rotatable bonds is 0. The zero-order valence-corrected chi connectivity index (χ0v) is 15.4. The minimum absolute atomic E-state index is 0. The van der Waals surface area contributed by atoms with Gasteiger partial charge < -0.3 is 62.7 Å². The first-order valence-corrected chi connectivity index (χ1v) is 7.47. The van der Waals surface area contributed by atoms with Crippen molar-refractivity contribution in [3.05, 3.63) is 0 Å². The van der Waals surface area contributed by atoms with Crippen molar-refractivity contribution in [3.8, 4) is 0 Å². The van der Waals surface area contributed by atoms with E-state index in [9.17, 15) is 0 Å². The summed E-state index contributed by atoms with van der Waals surface area (Å²) in [4.78, 5) is 65.4. The van der Waals surface area contributed by atoms with Crippen molar-refractivity contribution in [2.75, 3.05) is 0 Å². The summed E-state index contributed by atoms with van der Waals surface area (Å²) in [5.41, 5.74) is 0. The fraction of sp³-hybridized carbons (Fsp3) is 0. The van der Waals surface area contributed by atoms with Crippen molar-refractivity contribution in [1.82, 2.24) is 0 Å². The van der Waals surface area contributed by atoms with E-state index in [1.807, 2.05) is 0 Å². The summed E-state index contributed by atoms with van der Waals surface area (Å²) in [6.45, 7) is 0. The van der Waals surface area contributed by atoms with Gasteiger partial charge >= 0.3 is 43.9 Å². The van der Waals surface area contributed by atoms with Gasteiger partial charge in [0.1, 0.15) is 0 Å². The van der Waals surface area contributed by atoms with E-state index in [2.05, 4.69) is 0 Å². The molecule has 0 saturated carbocycles. The molecule has 0 aromatic carbocycles. The fourth-order valence-corrected chi connectivity index (χ4v) is 0. The van der Waals surface area contributed by atoms with Gasteiger partial charge in [-0.05, 0) is 0 Å². The molecule has 0 amide bonds. The first kappa shape index (κ1) is 66.5. The Bertz CT molecular complexity index is 169. The van der Waals surface area contributed by atoms with Crippen molar-refractivity contribution in [3.63, 3.8) is 0 Å². The van der Waals surface area contributed by atoms with E-state index in [1.165, 1.54) is 0 Å². The second-order valence-corrected chi connectivity index (χ2v) is 3.10. The molecule has 0 saturated heterocycles. The summed E-state index contributed by atoms with van der Waals surface area (Å²) in [7, 11) is -14.0. The third kappa shape index (κ3) is 29200. The molecular weight excluding hydrogens is 444 g/mol. The standard InChI is InChI=1S/4Al.H2O3Si.3O3Si.2H2O.6H/c;;;;4*1-4(2)3;;;;;;;;/h;;;;1-2H;;;;2*1H2;;;;;;/q;;2*+3;;3*-2;;;;;;;;. The predicted molar refractivity (Wildman–Crippen MR) is 68.8 cm³/mol. The first-order chi connectivity index (χ1) is 6.93. The average Bonchev–Trinajstić information content (AvgIpc) is 1.76. The Morgan fingerprint density at radius 2 is 0.545 bits per heavy atom. The molecule has 14 nitrogen and oxygen atoms in total. The molecule has 0 spiro atoms. The van der Waals surface area contributed by atoms with E-state index in [-0.39, 0.29) is 80.4 Å². The van der Waals surface area contributed by atoms with Crippen LogP contribution in [0.1, 0.15) is 0 Å². The smallest absolute Gasteiger partial charge is 0.672 e. The molecule has 0 aliphatic heterocycles. The Kier molecular flexibility index (Phi) is 175. The summed E-state index contributed by atoms with van der Waals surface area (Å²) in [6, 6.07) is 0. The van der Waals surface area contributed by atoms with Gasteiger partial charge in [0.15, 0.2) is 34.7 Å². The molecule has 124 valence electrons. The summed E-state index contributed by atoms with van der Waals surface area (Å²) in [5, 5.41) is 0. The van der Waals surface area contributed by atoms with E-state index < -0.39 is 36.7 Å². The molecule has 0 aliphatic rings. The van der Waals surface area contributed by atoms with Crippen LogP contribution in [0.4, 0.5) is 0 Å². The molecule has 0 unspecified atom stereocenters. The normalized spacial score (nSPS) is 4.36. The average molecular weight is 456 g/mol. The van der Waals surface area contributed by atoms with Gasteiger partial charge in [-0.1, -0.05) is 0 Å². The Morgan fingerprint density at radius 1 is 0.545 bits per heavy atom. The fourth-order valence-electron chi connectivity index (χ4n) is 0. The van der Waals surface area contributed by atoms with Gasteiger partial charge in [-0.15, -0.1) is 0 Å². The molecular formula is H12Al4O14Si4. The number of hydrogen-bond donors (Lipinski definition) is 2. The van der Waals surface area contributed by atoms with Gasteiger partial charge in [-0.3, -0.25) is 4.46 Å². The summed E-state index contributed by atoms with van der Waals surface area (Å²) < 4.78 is 34.3. The second kappa shape index (κ2) is 57.8. The second-order valence-electron chi connectivity index (χ2n) is 1.03. The van der Waals surface area contributed by atoms with Crippen LogP contribution in [-0.4, -0.2) is 127 Å². The Balaban J connectivity index is -0.00000001000. The maximum atomic E-state index is 8.74. The minimum Gasteiger partial charge on any atom is -0.672 e. The van der Waals surface area contributed by atoms with Gasteiger partial charge in [-0.25, -0.2) is 0 Å². The van der Waals surface area contributed by atoms with Crippen molar-refractivity contribution < 1.29 is 67.2 Å². The molecule has 0 fully saturated rings. The molecule has 0 rings (SSSR count). The molecule has 0 heterocycles. The molecule has 0 bridgehead atoms. The van der Waals surface area contributed by atoms with E-state index in [0.29, 0.717) is 0 Å². The molecule has 6 N–H and O–H groups in total. The molecule has 22 heteroatoms. The van der Waals surface area contributed by atoms with E-state index in [4.69, 9.17) is 56.2 Å². The maximum absolute atomic E-state index is 8.74. The first-order valence-electron chi connectivity index (χ1n) is 2.49. The van der Waals surface area contributed by atoms with Crippen LogP contribution in [0.15, 0.2) is 0 Å². The molecule has 0 radical (unpaired) electrons. The predicted octanol–water partition coefficient (Wildman–Crippen LogP) is -15.0. The van der Waals surface area contributed by atoms with Crippen molar-refractivity contribution in [1.29, 1.82) is 0 Å². The van der Waals surface area contributed by atoms with Gasteiger partial charge in [0.25, 0.3) is 0 Å². The van der Waals surface area contributed by atoms with E-state index >= 15 is 0 Å². The van der Waals surface area contributed by atoms with Gasteiger partial charge in [-0.2, -0.15) is 0 Å². The van der Waals surface area contributed by atoms with Gasteiger partial charge in [0.05, 0.1) is 0 Å². The van der Waals surface area contributed by atoms with Crippen LogP contribution in [0.25, 0.3) is 0 Å². The van der Waals surface area contributed by atoms with Crippen LogP contribution in [-0.2, 0) is 17.8 Å². The summed E-state index contributed by atoms with van der Waals surface area (Å²) in [6.07, 6.45) is 0. The summed E-state index contributed by atoms with van der Waals surface area (Å²) in [5.74, 6) is 0. The third-order valence-corrected chi connectivity index (χ3v) is 0. The Hall–Kier alpha value is 0.517. The Labute approximate surface area is 172 Å². The molecule has 0 aromatic heterocycles. The van der Waals surface area contributed by atoms with Crippen LogP contribution in [0.2, 0.25) is 0 Å². The van der Waals surface area contributed by atoms with Crippen molar-refractivity contribution in [2.24, 2.45) is 0 Å². The SMILES string of the molecule is O.O.O=[Si](O)O.O=[Si]([O-])[O-].O=[Si]([O-])[O-].O=[Si]([O-])[O-].[Al+3].[Al+3].[AlH3].[AlH3]. The zero-order valence-electron chi connectivity index (χ0n) is 9.13. The third-order valence-electron chi connectivity index (χ3n) is 0. The molecule has 0 aromatic rings. The molecule has 0 aliphatic carbocycles. The van der Waals surface area contributed by atoms with E-state index in [1.54, 1.807) is 0 Å². The van der Waals surface area contributed by atoms with E-state index in [0.717, 1.165) is 0 Å². The largest absolute Gasteiger partial charge is 3.00 e. The quantitative estimate of drug-likeness (QED) is 0.321. The minimum atomic E-state index is -3.63. The van der Waals surface area contributed by atoms with Crippen molar-refractivity contribution in [2.45, 2.75) is 0 Å². The van der Waals surface area contributed by atoms with Crippen LogP contribution in [0.3, 0.4) is 0 Å². The topological polar surface area (TPSA) is 310 Å². The Morgan fingerprint density at radius 3 is 0.545 bits per heavy atom. The van der Waals surface area contributed by atoms with Crippen LogP contribution in [0, 0.1) is 0 Å². The maximum Gasteiger partial charge on any atom is 3.00 e. The van der Waals surface area contributed by atoms with Gasteiger partial charge in [0.2, 0.25) is 0 Å². The van der Waals surface area contributed by atoms with Crippen LogP contribution < -0.4 is 28.8 Å². The number of hydrogen-bond acceptors (Lipinski definition) is 10.